The van der Waals surface area contributed by atoms with Crippen LogP contribution >= 0.6 is 0 Å². The Kier molecular flexibility index (Phi) is 3.26. The maximum Gasteiger partial charge on any atom is 0.182 e. The maximum absolute atomic E-state index is 8.86. The minimum absolute atomic E-state index is 0.293. The predicted molar refractivity (Wildman–Crippen MR) is 63.0 cm³/mol. The second kappa shape index (κ2) is 5.03. The van der Waals surface area contributed by atoms with Crippen molar-refractivity contribution in [2.75, 3.05) is 5.32 Å². The number of rotatable bonds is 3. The molecule has 0 aliphatic rings. The van der Waals surface area contributed by atoms with Crippen molar-refractivity contribution in [3.63, 3.8) is 0 Å². The SMILES string of the molecule is Cc1cccnc1CNc1nccnc1C#N. The summed E-state index contributed by atoms with van der Waals surface area (Å²) in [5, 5.41) is 11.9. The van der Waals surface area contributed by atoms with E-state index in [0.29, 0.717) is 18.1 Å². The number of nitriles is 1. The van der Waals surface area contributed by atoms with Crippen molar-refractivity contribution in [3.8, 4) is 6.07 Å². The van der Waals surface area contributed by atoms with Gasteiger partial charge in [0, 0.05) is 18.6 Å². The van der Waals surface area contributed by atoms with Crippen molar-refractivity contribution in [2.24, 2.45) is 0 Å². The number of nitrogens with one attached hydrogen (secondary N) is 1. The molecule has 0 saturated carbocycles. The van der Waals surface area contributed by atoms with Crippen LogP contribution in [0.3, 0.4) is 0 Å². The summed E-state index contributed by atoms with van der Waals surface area (Å²) in [5.74, 6) is 0.486. The van der Waals surface area contributed by atoms with E-state index in [4.69, 9.17) is 5.26 Å². The molecule has 2 rings (SSSR count). The Morgan fingerprint density at radius 2 is 2.06 bits per heavy atom. The van der Waals surface area contributed by atoms with E-state index in [1.165, 1.54) is 6.20 Å². The summed E-state index contributed by atoms with van der Waals surface area (Å²) in [6.45, 7) is 2.52. The lowest BCUT2D eigenvalue weighted by molar-refractivity contribution is 0.995. The molecule has 0 unspecified atom stereocenters. The van der Waals surface area contributed by atoms with Gasteiger partial charge in [-0.15, -0.1) is 0 Å². The summed E-state index contributed by atoms with van der Waals surface area (Å²) in [4.78, 5) is 12.3. The smallest absolute Gasteiger partial charge is 0.182 e. The molecule has 0 bridgehead atoms. The van der Waals surface area contributed by atoms with Crippen molar-refractivity contribution in [3.05, 3.63) is 47.7 Å². The minimum atomic E-state index is 0.293. The molecule has 0 aliphatic heterocycles. The van der Waals surface area contributed by atoms with Gasteiger partial charge in [-0.3, -0.25) is 4.98 Å². The molecule has 2 aromatic rings. The zero-order valence-electron chi connectivity index (χ0n) is 9.38. The van der Waals surface area contributed by atoms with Crippen molar-refractivity contribution >= 4 is 5.82 Å². The summed E-state index contributed by atoms with van der Waals surface area (Å²) < 4.78 is 0. The average molecular weight is 225 g/mol. The minimum Gasteiger partial charge on any atom is -0.362 e. The first kappa shape index (κ1) is 11.0. The van der Waals surface area contributed by atoms with E-state index in [-0.39, 0.29) is 0 Å². The van der Waals surface area contributed by atoms with E-state index in [9.17, 15) is 0 Å². The van der Waals surface area contributed by atoms with Gasteiger partial charge in [0.1, 0.15) is 6.07 Å². The van der Waals surface area contributed by atoms with Crippen LogP contribution in [0.4, 0.5) is 5.82 Å². The van der Waals surface area contributed by atoms with Crippen LogP contribution in [0.15, 0.2) is 30.7 Å². The fraction of sp³-hybridized carbons (Fsp3) is 0.167. The Hall–Kier alpha value is -2.48. The molecule has 0 saturated heterocycles. The Morgan fingerprint density at radius 3 is 2.82 bits per heavy atom. The third kappa shape index (κ3) is 2.55. The molecule has 0 amide bonds. The molecule has 0 radical (unpaired) electrons. The van der Waals surface area contributed by atoms with Crippen molar-refractivity contribution in [1.29, 1.82) is 5.26 Å². The average Bonchev–Trinajstić information content (AvgIpc) is 2.38. The molecule has 0 aromatic carbocycles. The molecular weight excluding hydrogens is 214 g/mol. The third-order valence-corrected chi connectivity index (χ3v) is 2.35. The fourth-order valence-corrected chi connectivity index (χ4v) is 1.42. The number of pyridine rings is 1. The first-order valence-corrected chi connectivity index (χ1v) is 5.16. The van der Waals surface area contributed by atoms with E-state index >= 15 is 0 Å². The maximum atomic E-state index is 8.86. The second-order valence-corrected chi connectivity index (χ2v) is 3.49. The summed E-state index contributed by atoms with van der Waals surface area (Å²) in [6.07, 6.45) is 4.79. The topological polar surface area (TPSA) is 74.5 Å². The van der Waals surface area contributed by atoms with Crippen LogP contribution in [0.2, 0.25) is 0 Å². The summed E-state index contributed by atoms with van der Waals surface area (Å²) in [7, 11) is 0. The number of hydrogen-bond donors (Lipinski definition) is 1. The monoisotopic (exact) mass is 225 g/mol. The largest absolute Gasteiger partial charge is 0.362 e. The van der Waals surface area contributed by atoms with E-state index in [2.05, 4.69) is 20.3 Å². The summed E-state index contributed by atoms with van der Waals surface area (Å²) >= 11 is 0. The Balaban J connectivity index is 2.13. The van der Waals surface area contributed by atoms with E-state index in [1.807, 2.05) is 25.1 Å². The molecule has 2 aromatic heterocycles. The van der Waals surface area contributed by atoms with Gasteiger partial charge in [0.05, 0.1) is 12.2 Å². The third-order valence-electron chi connectivity index (χ3n) is 2.35. The van der Waals surface area contributed by atoms with Crippen molar-refractivity contribution in [2.45, 2.75) is 13.5 Å². The van der Waals surface area contributed by atoms with Crippen LogP contribution < -0.4 is 5.32 Å². The van der Waals surface area contributed by atoms with Gasteiger partial charge < -0.3 is 5.32 Å². The molecule has 2 heterocycles. The van der Waals surface area contributed by atoms with Gasteiger partial charge in [-0.05, 0) is 18.6 Å². The Bertz CT molecular complexity index is 559. The molecule has 5 nitrogen and oxygen atoms in total. The molecule has 1 N–H and O–H groups in total. The van der Waals surface area contributed by atoms with Gasteiger partial charge in [-0.2, -0.15) is 5.26 Å². The standard InChI is InChI=1S/C12H11N5/c1-9-3-2-4-14-11(9)8-17-12-10(7-13)15-5-6-16-12/h2-6H,8H2,1H3,(H,16,17). The Morgan fingerprint density at radius 1 is 1.24 bits per heavy atom. The van der Waals surface area contributed by atoms with Crippen LogP contribution in [0.1, 0.15) is 17.0 Å². The first-order valence-electron chi connectivity index (χ1n) is 5.16. The lowest BCUT2D eigenvalue weighted by Crippen LogP contribution is -2.06. The number of aromatic nitrogens is 3. The van der Waals surface area contributed by atoms with Gasteiger partial charge in [-0.1, -0.05) is 6.07 Å². The van der Waals surface area contributed by atoms with Crippen LogP contribution in [0.25, 0.3) is 0 Å². The normalized spacial score (nSPS) is 9.65. The van der Waals surface area contributed by atoms with Crippen LogP contribution in [-0.2, 0) is 6.54 Å². The summed E-state index contributed by atoms with van der Waals surface area (Å²) in [5.41, 5.74) is 2.32. The highest BCUT2D eigenvalue weighted by Crippen LogP contribution is 2.10. The lowest BCUT2D eigenvalue weighted by atomic mass is 10.2. The molecule has 0 atom stereocenters. The highest BCUT2D eigenvalue weighted by Gasteiger charge is 2.04. The van der Waals surface area contributed by atoms with Crippen LogP contribution in [0.5, 0.6) is 0 Å². The van der Waals surface area contributed by atoms with Gasteiger partial charge >= 0.3 is 0 Å². The molecule has 0 spiro atoms. The van der Waals surface area contributed by atoms with Gasteiger partial charge in [-0.25, -0.2) is 9.97 Å². The van der Waals surface area contributed by atoms with E-state index < -0.39 is 0 Å². The highest BCUT2D eigenvalue weighted by molar-refractivity contribution is 5.47. The van der Waals surface area contributed by atoms with E-state index in [0.717, 1.165) is 11.3 Å². The zero-order valence-corrected chi connectivity index (χ0v) is 9.38. The number of anilines is 1. The van der Waals surface area contributed by atoms with Crippen molar-refractivity contribution in [1.82, 2.24) is 15.0 Å². The number of hydrogen-bond acceptors (Lipinski definition) is 5. The molecule has 84 valence electrons. The fourth-order valence-electron chi connectivity index (χ4n) is 1.42. The predicted octanol–water partition coefficient (Wildman–Crippen LogP) is 1.66. The molecule has 5 heteroatoms. The molecular formula is C12H11N5. The number of nitrogens with zero attached hydrogens (tertiary/aromatic N) is 4. The molecule has 0 aliphatic carbocycles. The van der Waals surface area contributed by atoms with Gasteiger partial charge in [0.25, 0.3) is 0 Å². The quantitative estimate of drug-likeness (QED) is 0.859. The Labute approximate surface area is 99.2 Å². The number of aryl methyl sites for hydroxylation is 1. The van der Waals surface area contributed by atoms with Gasteiger partial charge in [0.2, 0.25) is 0 Å². The van der Waals surface area contributed by atoms with Crippen LogP contribution in [-0.4, -0.2) is 15.0 Å². The first-order chi connectivity index (χ1) is 8.31. The zero-order chi connectivity index (χ0) is 12.1. The summed E-state index contributed by atoms with van der Waals surface area (Å²) in [6, 6.07) is 5.87. The molecule has 0 fully saturated rings. The second-order valence-electron chi connectivity index (χ2n) is 3.49. The highest BCUT2D eigenvalue weighted by atomic mass is 15.0. The lowest BCUT2D eigenvalue weighted by Gasteiger charge is -2.07. The van der Waals surface area contributed by atoms with E-state index in [1.54, 1.807) is 12.4 Å². The molecule has 17 heavy (non-hydrogen) atoms. The van der Waals surface area contributed by atoms with Crippen LogP contribution in [0, 0.1) is 18.3 Å². The van der Waals surface area contributed by atoms with Crippen molar-refractivity contribution < 1.29 is 0 Å². The van der Waals surface area contributed by atoms with Gasteiger partial charge in [0.15, 0.2) is 11.5 Å².